The van der Waals surface area contributed by atoms with Crippen LogP contribution in [0.4, 0.5) is 0 Å². The molecule has 0 aromatic carbocycles. The van der Waals surface area contributed by atoms with Gasteiger partial charge in [0.15, 0.2) is 0 Å². The summed E-state index contributed by atoms with van der Waals surface area (Å²) in [5.41, 5.74) is 2.46. The summed E-state index contributed by atoms with van der Waals surface area (Å²) in [7, 11) is 0. The van der Waals surface area contributed by atoms with Crippen LogP contribution in [0.3, 0.4) is 0 Å². The van der Waals surface area contributed by atoms with Crippen LogP contribution in [0.5, 0.6) is 0 Å². The molecule has 0 aliphatic rings. The molecular formula is C11H15N3O5. The Morgan fingerprint density at radius 1 is 1.37 bits per heavy atom. The molecule has 1 rings (SSSR count). The van der Waals surface area contributed by atoms with E-state index < -0.39 is 30.8 Å². The van der Waals surface area contributed by atoms with E-state index in [1.54, 1.807) is 0 Å². The van der Waals surface area contributed by atoms with Gasteiger partial charge in [-0.25, -0.2) is 5.43 Å². The van der Waals surface area contributed by atoms with Gasteiger partial charge in [-0.2, -0.15) is 5.10 Å². The average Bonchev–Trinajstić information content (AvgIpc) is 2.46. The third kappa shape index (κ3) is 4.72. The molecule has 1 heterocycles. The molecule has 1 aromatic heterocycles. The molecule has 0 saturated heterocycles. The Kier molecular flexibility index (Phi) is 6.03. The first-order valence-corrected chi connectivity index (χ1v) is 5.45. The first kappa shape index (κ1) is 15.2. The van der Waals surface area contributed by atoms with Crippen molar-refractivity contribution in [2.24, 2.45) is 5.10 Å². The summed E-state index contributed by atoms with van der Waals surface area (Å²) in [6, 6.07) is 2.96. The van der Waals surface area contributed by atoms with Crippen LogP contribution in [-0.2, 0) is 0 Å². The van der Waals surface area contributed by atoms with E-state index in [9.17, 15) is 15.0 Å². The molecule has 1 aromatic rings. The minimum absolute atomic E-state index is 0.331. The topological polar surface area (TPSA) is 135 Å². The number of carbonyl (C=O) groups is 1. The van der Waals surface area contributed by atoms with Crippen molar-refractivity contribution in [2.75, 3.05) is 6.61 Å². The molecule has 0 saturated carbocycles. The van der Waals surface area contributed by atoms with E-state index in [4.69, 9.17) is 10.2 Å². The summed E-state index contributed by atoms with van der Waals surface area (Å²) >= 11 is 0. The Balaban J connectivity index is 2.48. The number of aromatic nitrogens is 1. The maximum atomic E-state index is 11.5. The number of hydrogen-bond donors (Lipinski definition) is 5. The molecule has 0 spiro atoms. The fourth-order valence-corrected chi connectivity index (χ4v) is 1.16. The summed E-state index contributed by atoms with van der Waals surface area (Å²) in [6.07, 6.45) is -0.865. The van der Waals surface area contributed by atoms with Gasteiger partial charge in [0.25, 0.3) is 5.91 Å². The van der Waals surface area contributed by atoms with Gasteiger partial charge in [-0.1, -0.05) is 0 Å². The SMILES string of the molecule is O=C(N/N=C/[C@H](O)[C@H](O)[C@H](O)CO)c1ccncc1. The molecule has 0 aliphatic carbocycles. The maximum Gasteiger partial charge on any atom is 0.271 e. The molecule has 0 bridgehead atoms. The molecule has 5 N–H and O–H groups in total. The lowest BCUT2D eigenvalue weighted by atomic mass is 10.1. The van der Waals surface area contributed by atoms with Crippen LogP contribution >= 0.6 is 0 Å². The van der Waals surface area contributed by atoms with Crippen molar-refractivity contribution in [3.05, 3.63) is 30.1 Å². The van der Waals surface area contributed by atoms with E-state index >= 15 is 0 Å². The Morgan fingerprint density at radius 3 is 2.58 bits per heavy atom. The highest BCUT2D eigenvalue weighted by Gasteiger charge is 2.22. The van der Waals surface area contributed by atoms with E-state index in [1.807, 2.05) is 0 Å². The molecule has 3 atom stereocenters. The van der Waals surface area contributed by atoms with E-state index in [0.29, 0.717) is 5.56 Å². The summed E-state index contributed by atoms with van der Waals surface area (Å²) in [5.74, 6) is -0.511. The lowest BCUT2D eigenvalue weighted by molar-refractivity contribution is -0.0542. The Hall–Kier alpha value is -1.87. The monoisotopic (exact) mass is 269 g/mol. The first-order valence-electron chi connectivity index (χ1n) is 5.45. The third-order valence-corrected chi connectivity index (χ3v) is 2.27. The summed E-state index contributed by atoms with van der Waals surface area (Å²) < 4.78 is 0. The zero-order valence-corrected chi connectivity index (χ0v) is 9.92. The van der Waals surface area contributed by atoms with Crippen LogP contribution in [-0.4, -0.2) is 62.5 Å². The Labute approximate surface area is 109 Å². The van der Waals surface area contributed by atoms with Gasteiger partial charge in [0, 0.05) is 18.0 Å². The smallest absolute Gasteiger partial charge is 0.271 e. The third-order valence-electron chi connectivity index (χ3n) is 2.27. The van der Waals surface area contributed by atoms with Gasteiger partial charge in [0.05, 0.1) is 12.8 Å². The number of nitrogens with one attached hydrogen (secondary N) is 1. The van der Waals surface area contributed by atoms with Crippen LogP contribution in [0.2, 0.25) is 0 Å². The molecule has 1 amide bonds. The van der Waals surface area contributed by atoms with Crippen molar-refractivity contribution in [3.63, 3.8) is 0 Å². The molecular weight excluding hydrogens is 254 g/mol. The van der Waals surface area contributed by atoms with Crippen molar-refractivity contribution >= 4 is 12.1 Å². The lowest BCUT2D eigenvalue weighted by Gasteiger charge is -2.17. The minimum Gasteiger partial charge on any atom is -0.394 e. The zero-order chi connectivity index (χ0) is 14.3. The van der Waals surface area contributed by atoms with E-state index in [-0.39, 0.29) is 0 Å². The minimum atomic E-state index is -1.59. The van der Waals surface area contributed by atoms with Gasteiger partial charge in [-0.15, -0.1) is 0 Å². The molecule has 0 fully saturated rings. The molecule has 0 unspecified atom stereocenters. The molecule has 104 valence electrons. The van der Waals surface area contributed by atoms with Gasteiger partial charge in [-0.3, -0.25) is 9.78 Å². The number of amides is 1. The van der Waals surface area contributed by atoms with E-state index in [2.05, 4.69) is 15.5 Å². The van der Waals surface area contributed by atoms with Gasteiger partial charge >= 0.3 is 0 Å². The maximum absolute atomic E-state index is 11.5. The largest absolute Gasteiger partial charge is 0.394 e. The van der Waals surface area contributed by atoms with Gasteiger partial charge in [0.1, 0.15) is 18.3 Å². The van der Waals surface area contributed by atoms with Gasteiger partial charge in [0.2, 0.25) is 0 Å². The normalized spacial score (nSPS) is 16.0. The number of carbonyl (C=O) groups excluding carboxylic acids is 1. The number of aliphatic hydroxyl groups is 4. The Morgan fingerprint density at radius 2 is 2.00 bits per heavy atom. The number of rotatable bonds is 6. The molecule has 8 nitrogen and oxygen atoms in total. The second-order valence-electron chi connectivity index (χ2n) is 3.69. The quantitative estimate of drug-likeness (QED) is 0.296. The summed E-state index contributed by atoms with van der Waals surface area (Å²) in [5, 5.41) is 39.7. The van der Waals surface area contributed by atoms with E-state index in [0.717, 1.165) is 6.21 Å². The second-order valence-corrected chi connectivity index (χ2v) is 3.69. The van der Waals surface area contributed by atoms with Crippen LogP contribution in [0.15, 0.2) is 29.6 Å². The highest BCUT2D eigenvalue weighted by Crippen LogP contribution is 1.98. The van der Waals surface area contributed by atoms with Crippen LogP contribution in [0.25, 0.3) is 0 Å². The zero-order valence-electron chi connectivity index (χ0n) is 9.92. The highest BCUT2D eigenvalue weighted by atomic mass is 16.4. The number of pyridine rings is 1. The van der Waals surface area contributed by atoms with Gasteiger partial charge in [-0.05, 0) is 12.1 Å². The van der Waals surface area contributed by atoms with Crippen molar-refractivity contribution in [1.29, 1.82) is 0 Å². The van der Waals surface area contributed by atoms with Crippen molar-refractivity contribution < 1.29 is 25.2 Å². The fourth-order valence-electron chi connectivity index (χ4n) is 1.16. The van der Waals surface area contributed by atoms with E-state index in [1.165, 1.54) is 24.5 Å². The van der Waals surface area contributed by atoms with Crippen molar-refractivity contribution in [3.8, 4) is 0 Å². The molecule has 0 aliphatic heterocycles. The van der Waals surface area contributed by atoms with Crippen molar-refractivity contribution in [2.45, 2.75) is 18.3 Å². The van der Waals surface area contributed by atoms with Gasteiger partial charge < -0.3 is 20.4 Å². The van der Waals surface area contributed by atoms with Crippen LogP contribution in [0, 0.1) is 0 Å². The van der Waals surface area contributed by atoms with Crippen molar-refractivity contribution in [1.82, 2.24) is 10.4 Å². The predicted octanol–water partition coefficient (Wildman–Crippen LogP) is -2.13. The standard InChI is InChI=1S/C11H15N3O5/c15-6-9(17)10(18)8(16)5-13-14-11(19)7-1-3-12-4-2-7/h1-5,8-10,15-18H,6H2,(H,14,19)/b13-5+/t8-,9+,10-/m0/s1. The number of aliphatic hydroxyl groups excluding tert-OH is 4. The predicted molar refractivity (Wildman–Crippen MR) is 65.3 cm³/mol. The lowest BCUT2D eigenvalue weighted by Crippen LogP contribution is -2.40. The second kappa shape index (κ2) is 7.54. The van der Waals surface area contributed by atoms with Crippen LogP contribution < -0.4 is 5.43 Å². The first-order chi connectivity index (χ1) is 9.06. The number of nitrogens with zero attached hydrogens (tertiary/aromatic N) is 2. The number of hydrogen-bond acceptors (Lipinski definition) is 7. The number of hydrazone groups is 1. The van der Waals surface area contributed by atoms with Crippen LogP contribution in [0.1, 0.15) is 10.4 Å². The average molecular weight is 269 g/mol. The molecule has 8 heteroatoms. The fraction of sp³-hybridized carbons (Fsp3) is 0.364. The Bertz CT molecular complexity index is 426. The summed E-state index contributed by atoms with van der Waals surface area (Å²) in [4.78, 5) is 15.2. The summed E-state index contributed by atoms with van der Waals surface area (Å²) in [6.45, 7) is -0.699. The molecule has 0 radical (unpaired) electrons. The highest BCUT2D eigenvalue weighted by molar-refractivity contribution is 5.94. The molecule has 19 heavy (non-hydrogen) atoms.